The second kappa shape index (κ2) is 6.18. The minimum atomic E-state index is -0.951. The number of likely N-dealkylation sites (tertiary alicyclic amines) is 1. The monoisotopic (exact) mass is 319 g/mol. The Kier molecular flexibility index (Phi) is 4.75. The van der Waals surface area contributed by atoms with Crippen molar-refractivity contribution < 1.29 is 19.7 Å². The zero-order valence-corrected chi connectivity index (χ0v) is 12.4. The molecule has 1 aromatic carbocycles. The van der Waals surface area contributed by atoms with E-state index in [4.69, 9.17) is 27.9 Å². The number of nitrogens with zero attached hydrogens (tertiary/aromatic N) is 1. The standard InChI is InChI=1S/C13H15Cl2NO4/c1-20-12-8(4-7(14)5-9(12)15)13(19)16-3-2-10(17)11(18)6-16/h4-5,10-11,17-18H,2-3,6H2,1H3/t10-,11-/m1/s1. The number of carbonyl (C=O) groups excluding carboxylic acids is 1. The summed E-state index contributed by atoms with van der Waals surface area (Å²) in [5.74, 6) is -0.0844. The second-order valence-electron chi connectivity index (χ2n) is 4.64. The minimum Gasteiger partial charge on any atom is -0.494 e. The molecule has 0 unspecified atom stereocenters. The van der Waals surface area contributed by atoms with Gasteiger partial charge in [-0.25, -0.2) is 0 Å². The van der Waals surface area contributed by atoms with Gasteiger partial charge in [0.1, 0.15) is 5.75 Å². The van der Waals surface area contributed by atoms with Crippen LogP contribution in [-0.2, 0) is 0 Å². The maximum atomic E-state index is 12.5. The lowest BCUT2D eigenvalue weighted by molar-refractivity contribution is -0.0322. The predicted octanol–water partition coefficient (Wildman–Crippen LogP) is 1.57. The molecule has 0 aliphatic carbocycles. The number of benzene rings is 1. The van der Waals surface area contributed by atoms with Crippen molar-refractivity contribution in [1.29, 1.82) is 0 Å². The van der Waals surface area contributed by atoms with E-state index < -0.39 is 12.2 Å². The lowest BCUT2D eigenvalue weighted by Crippen LogP contribution is -2.49. The van der Waals surface area contributed by atoms with E-state index in [1.54, 1.807) is 0 Å². The SMILES string of the molecule is COc1c(Cl)cc(Cl)cc1C(=O)N1CC[C@@H](O)[C@H](O)C1. The Hall–Kier alpha value is -1.01. The van der Waals surface area contributed by atoms with Gasteiger partial charge in [0.05, 0.1) is 29.9 Å². The van der Waals surface area contributed by atoms with Crippen molar-refractivity contribution in [2.24, 2.45) is 0 Å². The number of ether oxygens (including phenoxy) is 1. The van der Waals surface area contributed by atoms with Crippen molar-refractivity contribution in [2.45, 2.75) is 18.6 Å². The van der Waals surface area contributed by atoms with Crippen molar-refractivity contribution in [2.75, 3.05) is 20.2 Å². The molecule has 0 saturated carbocycles. The van der Waals surface area contributed by atoms with E-state index >= 15 is 0 Å². The van der Waals surface area contributed by atoms with Crippen LogP contribution in [0.1, 0.15) is 16.8 Å². The Balaban J connectivity index is 2.29. The zero-order valence-electron chi connectivity index (χ0n) is 10.8. The van der Waals surface area contributed by atoms with E-state index in [9.17, 15) is 15.0 Å². The first-order valence-electron chi connectivity index (χ1n) is 6.12. The van der Waals surface area contributed by atoms with Gasteiger partial charge in [-0.05, 0) is 18.6 Å². The fourth-order valence-electron chi connectivity index (χ4n) is 2.20. The largest absolute Gasteiger partial charge is 0.494 e. The second-order valence-corrected chi connectivity index (χ2v) is 5.49. The van der Waals surface area contributed by atoms with E-state index in [0.717, 1.165) is 0 Å². The van der Waals surface area contributed by atoms with Gasteiger partial charge in [-0.3, -0.25) is 4.79 Å². The van der Waals surface area contributed by atoms with E-state index in [-0.39, 0.29) is 28.8 Å². The average Bonchev–Trinajstić information content (AvgIpc) is 2.40. The van der Waals surface area contributed by atoms with Crippen molar-refractivity contribution in [1.82, 2.24) is 4.90 Å². The highest BCUT2D eigenvalue weighted by Gasteiger charge is 2.30. The van der Waals surface area contributed by atoms with Gasteiger partial charge in [-0.1, -0.05) is 23.2 Å². The molecule has 0 bridgehead atoms. The van der Waals surface area contributed by atoms with Crippen LogP contribution in [0.25, 0.3) is 0 Å². The third-order valence-corrected chi connectivity index (χ3v) is 3.78. The van der Waals surface area contributed by atoms with E-state index in [1.807, 2.05) is 0 Å². The molecule has 1 heterocycles. The van der Waals surface area contributed by atoms with Crippen LogP contribution in [0, 0.1) is 0 Å². The molecule has 1 saturated heterocycles. The summed E-state index contributed by atoms with van der Waals surface area (Å²) in [6.45, 7) is 0.414. The summed E-state index contributed by atoms with van der Waals surface area (Å²) in [5.41, 5.74) is 0.244. The zero-order chi connectivity index (χ0) is 14.9. The van der Waals surface area contributed by atoms with Crippen molar-refractivity contribution in [3.63, 3.8) is 0 Å². The first kappa shape index (κ1) is 15.4. The van der Waals surface area contributed by atoms with Crippen LogP contribution in [0.3, 0.4) is 0 Å². The van der Waals surface area contributed by atoms with Crippen molar-refractivity contribution in [3.8, 4) is 5.75 Å². The average molecular weight is 320 g/mol. The Bertz CT molecular complexity index is 523. The molecular weight excluding hydrogens is 305 g/mol. The highest BCUT2D eigenvalue weighted by molar-refractivity contribution is 6.36. The molecule has 2 N–H and O–H groups in total. The van der Waals surface area contributed by atoms with Crippen molar-refractivity contribution in [3.05, 3.63) is 27.7 Å². The lowest BCUT2D eigenvalue weighted by atomic mass is 10.0. The van der Waals surface area contributed by atoms with E-state index in [0.29, 0.717) is 18.0 Å². The molecule has 0 aromatic heterocycles. The summed E-state index contributed by atoms with van der Waals surface area (Å²) < 4.78 is 5.14. The molecule has 1 aromatic rings. The molecule has 1 aliphatic heterocycles. The summed E-state index contributed by atoms with van der Waals surface area (Å²) >= 11 is 11.9. The number of amides is 1. The quantitative estimate of drug-likeness (QED) is 0.868. The fourth-order valence-corrected chi connectivity index (χ4v) is 2.77. The van der Waals surface area contributed by atoms with Crippen LogP contribution in [0.4, 0.5) is 0 Å². The number of aliphatic hydroxyl groups excluding tert-OH is 2. The number of piperidine rings is 1. The van der Waals surface area contributed by atoms with Crippen molar-refractivity contribution >= 4 is 29.1 Å². The third-order valence-electron chi connectivity index (χ3n) is 3.28. The number of hydrogen-bond donors (Lipinski definition) is 2. The topological polar surface area (TPSA) is 70.0 Å². The first-order chi connectivity index (χ1) is 9.43. The van der Waals surface area contributed by atoms with E-state index in [1.165, 1.54) is 24.1 Å². The van der Waals surface area contributed by atoms with E-state index in [2.05, 4.69) is 0 Å². The van der Waals surface area contributed by atoms with Crippen LogP contribution in [0.5, 0.6) is 5.75 Å². The maximum absolute atomic E-state index is 12.5. The molecule has 5 nitrogen and oxygen atoms in total. The number of carbonyl (C=O) groups is 1. The van der Waals surface area contributed by atoms with Crippen LogP contribution in [0.2, 0.25) is 10.0 Å². The highest BCUT2D eigenvalue weighted by Crippen LogP contribution is 2.33. The number of halogens is 2. The molecule has 2 atom stereocenters. The molecule has 1 aliphatic rings. The minimum absolute atomic E-state index is 0.0628. The predicted molar refractivity (Wildman–Crippen MR) is 75.5 cm³/mol. The summed E-state index contributed by atoms with van der Waals surface area (Å²) in [4.78, 5) is 13.9. The Morgan fingerprint density at radius 2 is 2.05 bits per heavy atom. The molecule has 1 amide bonds. The molecule has 1 fully saturated rings. The first-order valence-corrected chi connectivity index (χ1v) is 6.88. The van der Waals surface area contributed by atoms with Gasteiger partial charge in [0.15, 0.2) is 0 Å². The van der Waals surface area contributed by atoms with Crippen LogP contribution < -0.4 is 4.74 Å². The Morgan fingerprint density at radius 3 is 2.65 bits per heavy atom. The van der Waals surface area contributed by atoms with Gasteiger partial charge in [-0.15, -0.1) is 0 Å². The fraction of sp³-hybridized carbons (Fsp3) is 0.462. The summed E-state index contributed by atoms with van der Waals surface area (Å²) in [6, 6.07) is 2.97. The van der Waals surface area contributed by atoms with Crippen LogP contribution >= 0.6 is 23.2 Å². The number of rotatable bonds is 2. The molecule has 0 radical (unpaired) electrons. The summed E-state index contributed by atoms with van der Waals surface area (Å²) in [5, 5.41) is 19.7. The Labute approximate surface area is 126 Å². The Morgan fingerprint density at radius 1 is 1.35 bits per heavy atom. The lowest BCUT2D eigenvalue weighted by Gasteiger charge is -2.33. The maximum Gasteiger partial charge on any atom is 0.257 e. The number of hydrogen-bond acceptors (Lipinski definition) is 4. The molecule has 2 rings (SSSR count). The van der Waals surface area contributed by atoms with Gasteiger partial charge in [0.25, 0.3) is 5.91 Å². The van der Waals surface area contributed by atoms with Crippen LogP contribution in [0.15, 0.2) is 12.1 Å². The molecule has 7 heteroatoms. The molecule has 110 valence electrons. The summed E-state index contributed by atoms with van der Waals surface area (Å²) in [7, 11) is 1.42. The molecule has 0 spiro atoms. The van der Waals surface area contributed by atoms with Gasteiger partial charge in [-0.2, -0.15) is 0 Å². The van der Waals surface area contributed by atoms with Crippen LogP contribution in [-0.4, -0.2) is 53.4 Å². The smallest absolute Gasteiger partial charge is 0.257 e. The van der Waals surface area contributed by atoms with Gasteiger partial charge >= 0.3 is 0 Å². The van der Waals surface area contributed by atoms with Gasteiger partial charge in [0, 0.05) is 18.1 Å². The highest BCUT2D eigenvalue weighted by atomic mass is 35.5. The van der Waals surface area contributed by atoms with Gasteiger partial charge < -0.3 is 19.8 Å². The number of methoxy groups -OCH3 is 1. The molecule has 20 heavy (non-hydrogen) atoms. The van der Waals surface area contributed by atoms with Gasteiger partial charge in [0.2, 0.25) is 0 Å². The summed E-state index contributed by atoms with van der Waals surface area (Å²) in [6.07, 6.45) is -1.43. The normalized spacial score (nSPS) is 22.8. The number of aliphatic hydroxyl groups is 2. The third kappa shape index (κ3) is 3.01. The number of β-amino-alcohol motifs (C(OH)–C–C–N with tert-alkyl or cyclic N) is 1. The molecular formula is C13H15Cl2NO4.